The van der Waals surface area contributed by atoms with Crippen LogP contribution in [0.3, 0.4) is 0 Å². The first kappa shape index (κ1) is 19.9. The van der Waals surface area contributed by atoms with Crippen LogP contribution in [0.25, 0.3) is 0 Å². The summed E-state index contributed by atoms with van der Waals surface area (Å²) in [6, 6.07) is 9.04. The molecule has 0 saturated heterocycles. The normalized spacial score (nSPS) is 14.4. The summed E-state index contributed by atoms with van der Waals surface area (Å²) in [6.07, 6.45) is 3.34. The molecule has 5 N–H and O–H groups in total. The molecule has 0 fully saturated rings. The van der Waals surface area contributed by atoms with E-state index in [0.29, 0.717) is 44.8 Å². The number of aryl methyl sites for hydroxylation is 2. The van der Waals surface area contributed by atoms with E-state index in [1.807, 2.05) is 18.2 Å². The average molecular weight is 385 g/mol. The van der Waals surface area contributed by atoms with Gasteiger partial charge in [0, 0.05) is 25.9 Å². The van der Waals surface area contributed by atoms with Crippen molar-refractivity contribution < 1.29 is 14.0 Å². The summed E-state index contributed by atoms with van der Waals surface area (Å²) in [5, 5.41) is 2.49. The zero-order chi connectivity index (χ0) is 19.9. The third-order valence-corrected chi connectivity index (χ3v) is 4.86. The van der Waals surface area contributed by atoms with Gasteiger partial charge in [-0.05, 0) is 24.8 Å². The molecule has 150 valence electrons. The Balaban J connectivity index is 1.50. The van der Waals surface area contributed by atoms with Crippen molar-refractivity contribution in [1.82, 2.24) is 15.2 Å². The van der Waals surface area contributed by atoms with Crippen LogP contribution in [0.5, 0.6) is 0 Å². The zero-order valence-electron chi connectivity index (χ0n) is 15.9. The second-order valence-corrected chi connectivity index (χ2v) is 7.01. The van der Waals surface area contributed by atoms with E-state index in [4.69, 9.17) is 15.9 Å². The molecule has 28 heavy (non-hydrogen) atoms. The van der Waals surface area contributed by atoms with Crippen molar-refractivity contribution in [3.63, 3.8) is 0 Å². The maximum atomic E-state index is 12.6. The molecule has 0 aliphatic carbocycles. The molecule has 0 radical (unpaired) electrons. The first-order valence-corrected chi connectivity index (χ1v) is 9.62. The lowest BCUT2D eigenvalue weighted by molar-refractivity contribution is -0.133. The number of oxazole rings is 1. The van der Waals surface area contributed by atoms with Crippen molar-refractivity contribution in [3.05, 3.63) is 53.2 Å². The number of aromatic nitrogens is 1. The number of carbonyl (C=O) groups excluding carboxylic acids is 2. The van der Waals surface area contributed by atoms with Crippen LogP contribution >= 0.6 is 0 Å². The van der Waals surface area contributed by atoms with Crippen molar-refractivity contribution in [3.8, 4) is 0 Å². The summed E-state index contributed by atoms with van der Waals surface area (Å²) in [6.45, 7) is 1.41. The molecular weight excluding hydrogens is 358 g/mol. The monoisotopic (exact) mass is 385 g/mol. The van der Waals surface area contributed by atoms with Gasteiger partial charge in [0.05, 0.1) is 12.6 Å². The van der Waals surface area contributed by atoms with E-state index in [1.54, 1.807) is 4.90 Å². The highest BCUT2D eigenvalue weighted by atomic mass is 16.4. The van der Waals surface area contributed by atoms with Crippen LogP contribution in [0.2, 0.25) is 0 Å². The van der Waals surface area contributed by atoms with Crippen LogP contribution in [-0.4, -0.2) is 41.0 Å². The molecule has 2 aromatic rings. The van der Waals surface area contributed by atoms with Crippen molar-refractivity contribution in [2.75, 3.05) is 13.1 Å². The molecule has 0 bridgehead atoms. The van der Waals surface area contributed by atoms with Gasteiger partial charge in [0.2, 0.25) is 5.91 Å². The van der Waals surface area contributed by atoms with E-state index in [9.17, 15) is 9.59 Å². The Morgan fingerprint density at radius 2 is 2.04 bits per heavy atom. The van der Waals surface area contributed by atoms with Crippen LogP contribution < -0.4 is 16.8 Å². The van der Waals surface area contributed by atoms with E-state index < -0.39 is 12.1 Å². The molecule has 3 rings (SSSR count). The molecule has 8 heteroatoms. The van der Waals surface area contributed by atoms with Gasteiger partial charge in [0.1, 0.15) is 11.5 Å². The molecular formula is C20H27N5O3. The highest BCUT2D eigenvalue weighted by molar-refractivity contribution is 5.81. The van der Waals surface area contributed by atoms with Crippen LogP contribution in [0.4, 0.5) is 4.79 Å². The van der Waals surface area contributed by atoms with Crippen molar-refractivity contribution >= 4 is 11.9 Å². The van der Waals surface area contributed by atoms with Gasteiger partial charge in [-0.2, -0.15) is 0 Å². The number of primary amides is 1. The van der Waals surface area contributed by atoms with Gasteiger partial charge in [0.15, 0.2) is 5.89 Å². The number of nitrogens with two attached hydrogens (primary N) is 2. The zero-order valence-corrected chi connectivity index (χ0v) is 15.9. The van der Waals surface area contributed by atoms with Gasteiger partial charge < -0.3 is 26.1 Å². The van der Waals surface area contributed by atoms with E-state index >= 15 is 0 Å². The number of hydrogen-bond acceptors (Lipinski definition) is 5. The molecule has 3 amide bonds. The predicted molar refractivity (Wildman–Crippen MR) is 104 cm³/mol. The second-order valence-electron chi connectivity index (χ2n) is 7.01. The Kier molecular flexibility index (Phi) is 6.65. The summed E-state index contributed by atoms with van der Waals surface area (Å²) in [4.78, 5) is 29.6. The van der Waals surface area contributed by atoms with Gasteiger partial charge in [0.25, 0.3) is 0 Å². The number of rotatable bonds is 8. The van der Waals surface area contributed by atoms with Crippen LogP contribution in [0, 0.1) is 0 Å². The van der Waals surface area contributed by atoms with Gasteiger partial charge in [-0.25, -0.2) is 9.78 Å². The Labute approximate surface area is 164 Å². The minimum absolute atomic E-state index is 0.0986. The molecule has 1 aliphatic heterocycles. The summed E-state index contributed by atoms with van der Waals surface area (Å²) in [7, 11) is 0. The minimum atomic E-state index is -0.597. The van der Waals surface area contributed by atoms with Crippen LogP contribution in [0.15, 0.2) is 34.7 Å². The Bertz CT molecular complexity index is 805. The topological polar surface area (TPSA) is 127 Å². The molecule has 0 saturated carbocycles. The average Bonchev–Trinajstić information content (AvgIpc) is 3.11. The quantitative estimate of drug-likeness (QED) is 0.587. The molecule has 2 heterocycles. The number of fused-ring (bicyclic) bond motifs is 1. The molecule has 0 spiro atoms. The van der Waals surface area contributed by atoms with E-state index in [-0.39, 0.29) is 5.91 Å². The third-order valence-electron chi connectivity index (χ3n) is 4.86. The Morgan fingerprint density at radius 1 is 1.25 bits per heavy atom. The molecule has 1 aromatic heterocycles. The van der Waals surface area contributed by atoms with Gasteiger partial charge >= 0.3 is 6.03 Å². The maximum Gasteiger partial charge on any atom is 0.312 e. The van der Waals surface area contributed by atoms with Crippen LogP contribution in [0.1, 0.15) is 35.7 Å². The third kappa shape index (κ3) is 5.32. The molecule has 1 aromatic carbocycles. The van der Waals surface area contributed by atoms with Gasteiger partial charge in [-0.1, -0.05) is 30.3 Å². The highest BCUT2D eigenvalue weighted by Gasteiger charge is 2.28. The number of nitrogens with zero attached hydrogens (tertiary/aromatic N) is 2. The summed E-state index contributed by atoms with van der Waals surface area (Å²) in [5.41, 5.74) is 13.1. The summed E-state index contributed by atoms with van der Waals surface area (Å²) in [5.74, 6) is 1.48. The standard InChI is InChI=1S/C20H27N5O3/c21-15(7-4-11-23-20(22)27)19(26)25-12-10-17-16(13-25)24-18(28-17)9-8-14-5-2-1-3-6-14/h1-3,5-6,15H,4,7-13,21H2,(H3,22,23,27)/t15-/m0/s1. The van der Waals surface area contributed by atoms with Crippen molar-refractivity contribution in [1.29, 1.82) is 0 Å². The Hall–Kier alpha value is -2.87. The first-order chi connectivity index (χ1) is 13.5. The summed E-state index contributed by atoms with van der Waals surface area (Å²) < 4.78 is 5.89. The molecule has 1 atom stereocenters. The number of nitrogens with one attached hydrogen (secondary N) is 1. The minimum Gasteiger partial charge on any atom is -0.445 e. The van der Waals surface area contributed by atoms with Gasteiger partial charge in [-0.15, -0.1) is 0 Å². The smallest absolute Gasteiger partial charge is 0.312 e. The number of carbonyl (C=O) groups is 2. The number of benzene rings is 1. The van der Waals surface area contributed by atoms with Crippen molar-refractivity contribution in [2.45, 2.75) is 44.7 Å². The fourth-order valence-electron chi connectivity index (χ4n) is 3.33. The lowest BCUT2D eigenvalue weighted by Crippen LogP contribution is -2.46. The fraction of sp³-hybridized carbons (Fsp3) is 0.450. The SMILES string of the molecule is NC(=O)NCCC[C@H](N)C(=O)N1CCc2oc(CCc3ccccc3)nc2C1. The fourth-order valence-corrected chi connectivity index (χ4v) is 3.33. The molecule has 8 nitrogen and oxygen atoms in total. The lowest BCUT2D eigenvalue weighted by Gasteiger charge is -2.28. The number of hydrogen-bond donors (Lipinski definition) is 3. The molecule has 1 aliphatic rings. The first-order valence-electron chi connectivity index (χ1n) is 9.62. The van der Waals surface area contributed by atoms with Crippen LogP contribution in [-0.2, 0) is 30.6 Å². The second kappa shape index (κ2) is 9.36. The van der Waals surface area contributed by atoms with Gasteiger partial charge in [-0.3, -0.25) is 4.79 Å². The van der Waals surface area contributed by atoms with E-state index in [2.05, 4.69) is 22.4 Å². The summed E-state index contributed by atoms with van der Waals surface area (Å²) >= 11 is 0. The van der Waals surface area contributed by atoms with Crippen molar-refractivity contribution in [2.24, 2.45) is 11.5 Å². The predicted octanol–water partition coefficient (Wildman–Crippen LogP) is 1.12. The molecule has 0 unspecified atom stereocenters. The number of urea groups is 1. The Morgan fingerprint density at radius 3 is 2.79 bits per heavy atom. The van der Waals surface area contributed by atoms with E-state index in [1.165, 1.54) is 5.56 Å². The highest BCUT2D eigenvalue weighted by Crippen LogP contribution is 2.21. The van der Waals surface area contributed by atoms with E-state index in [0.717, 1.165) is 24.3 Å². The number of amides is 3. The lowest BCUT2D eigenvalue weighted by atomic mass is 10.1. The maximum absolute atomic E-state index is 12.6. The largest absolute Gasteiger partial charge is 0.445 e.